The largest absolute Gasteiger partial charge is 0.393 e. The van der Waals surface area contributed by atoms with Crippen LogP contribution in [-0.4, -0.2) is 29.4 Å². The lowest BCUT2D eigenvalue weighted by atomic mass is 10.1. The van der Waals surface area contributed by atoms with Gasteiger partial charge in [-0.15, -0.1) is 11.8 Å². The van der Waals surface area contributed by atoms with Gasteiger partial charge >= 0.3 is 0 Å². The van der Waals surface area contributed by atoms with E-state index in [1.54, 1.807) is 0 Å². The molecular weight excluding hydrogens is 296 g/mol. The Kier molecular flexibility index (Phi) is 5.99. The van der Waals surface area contributed by atoms with Crippen molar-refractivity contribution >= 4 is 17.7 Å². The van der Waals surface area contributed by atoms with Crippen LogP contribution in [0.25, 0.3) is 0 Å². The van der Waals surface area contributed by atoms with E-state index in [9.17, 15) is 18.7 Å². The zero-order valence-corrected chi connectivity index (χ0v) is 12.5. The molecule has 1 aliphatic carbocycles. The van der Waals surface area contributed by atoms with E-state index in [2.05, 4.69) is 5.32 Å². The van der Waals surface area contributed by atoms with Gasteiger partial charge in [0.25, 0.3) is 0 Å². The molecule has 0 bridgehead atoms. The third kappa shape index (κ3) is 5.28. The highest BCUT2D eigenvalue weighted by Crippen LogP contribution is 2.24. The highest BCUT2D eigenvalue weighted by atomic mass is 32.2. The molecule has 0 saturated heterocycles. The summed E-state index contributed by atoms with van der Waals surface area (Å²) in [5.41, 5.74) is 0. The fraction of sp³-hybridized carbons (Fsp3) is 0.533. The van der Waals surface area contributed by atoms with Crippen LogP contribution in [-0.2, 0) is 4.79 Å². The summed E-state index contributed by atoms with van der Waals surface area (Å²) in [5.74, 6) is -0.904. The Balaban J connectivity index is 1.63. The topological polar surface area (TPSA) is 49.3 Å². The summed E-state index contributed by atoms with van der Waals surface area (Å²) in [6, 6.07) is 3.72. The number of benzene rings is 1. The number of nitrogens with one attached hydrogen (secondary N) is 1. The lowest BCUT2D eigenvalue weighted by Crippen LogP contribution is -2.28. The number of carbonyl (C=O) groups is 1. The molecule has 3 nitrogen and oxygen atoms in total. The second-order valence-electron chi connectivity index (χ2n) is 5.31. The van der Waals surface area contributed by atoms with Crippen molar-refractivity contribution in [2.45, 2.75) is 36.7 Å². The molecule has 116 valence electrons. The molecule has 2 unspecified atom stereocenters. The van der Waals surface area contributed by atoms with E-state index in [4.69, 9.17) is 0 Å². The molecule has 1 saturated carbocycles. The van der Waals surface area contributed by atoms with Crippen LogP contribution in [0.4, 0.5) is 8.78 Å². The smallest absolute Gasteiger partial charge is 0.220 e. The van der Waals surface area contributed by atoms with Crippen LogP contribution >= 0.6 is 11.8 Å². The zero-order valence-electron chi connectivity index (χ0n) is 11.6. The molecule has 0 aliphatic heterocycles. The highest BCUT2D eigenvalue weighted by Gasteiger charge is 2.22. The van der Waals surface area contributed by atoms with E-state index in [0.717, 1.165) is 31.4 Å². The number of carbonyl (C=O) groups excluding carboxylic acids is 1. The quantitative estimate of drug-likeness (QED) is 0.794. The number of amides is 1. The summed E-state index contributed by atoms with van der Waals surface area (Å²) in [6.45, 7) is 0.603. The average Bonchev–Trinajstić information content (AvgIpc) is 2.86. The monoisotopic (exact) mass is 315 g/mol. The first kappa shape index (κ1) is 16.2. The van der Waals surface area contributed by atoms with Crippen LogP contribution in [0.15, 0.2) is 23.1 Å². The second-order valence-corrected chi connectivity index (χ2v) is 6.48. The maximum absolute atomic E-state index is 13.0. The van der Waals surface area contributed by atoms with Crippen LogP contribution in [0.1, 0.15) is 25.7 Å². The predicted octanol–water partition coefficient (Wildman–Crippen LogP) is 2.72. The molecule has 6 heteroatoms. The first-order chi connectivity index (χ1) is 10.0. The minimum Gasteiger partial charge on any atom is -0.393 e. The first-order valence-electron chi connectivity index (χ1n) is 7.07. The molecule has 1 aromatic carbocycles. The lowest BCUT2D eigenvalue weighted by Gasteiger charge is -2.10. The highest BCUT2D eigenvalue weighted by molar-refractivity contribution is 7.99. The van der Waals surface area contributed by atoms with Crippen molar-refractivity contribution in [3.63, 3.8) is 0 Å². The number of halogens is 2. The molecule has 21 heavy (non-hydrogen) atoms. The fourth-order valence-corrected chi connectivity index (χ4v) is 3.28. The van der Waals surface area contributed by atoms with Gasteiger partial charge in [0.15, 0.2) is 11.6 Å². The maximum Gasteiger partial charge on any atom is 0.220 e. The molecular formula is C15H19F2NO2S. The van der Waals surface area contributed by atoms with E-state index in [1.807, 2.05) is 0 Å². The Bertz CT molecular complexity index is 499. The number of hydrogen-bond acceptors (Lipinski definition) is 3. The minimum atomic E-state index is -0.871. The molecule has 1 aromatic rings. The summed E-state index contributed by atoms with van der Waals surface area (Å²) < 4.78 is 25.8. The van der Waals surface area contributed by atoms with Gasteiger partial charge in [-0.05, 0) is 43.4 Å². The molecule has 0 aromatic heterocycles. The molecule has 0 spiro atoms. The molecule has 1 amide bonds. The van der Waals surface area contributed by atoms with Crippen molar-refractivity contribution in [1.29, 1.82) is 0 Å². The van der Waals surface area contributed by atoms with Crippen molar-refractivity contribution < 1.29 is 18.7 Å². The van der Waals surface area contributed by atoms with E-state index in [-0.39, 0.29) is 12.0 Å². The summed E-state index contributed by atoms with van der Waals surface area (Å²) >= 11 is 1.32. The lowest BCUT2D eigenvalue weighted by molar-refractivity contribution is -0.120. The van der Waals surface area contributed by atoms with Crippen molar-refractivity contribution in [3.05, 3.63) is 29.8 Å². The van der Waals surface area contributed by atoms with E-state index in [1.165, 1.54) is 17.8 Å². The van der Waals surface area contributed by atoms with Gasteiger partial charge in [-0.25, -0.2) is 8.78 Å². The SMILES string of the molecule is O=C(CCSc1ccc(F)c(F)c1)NCC1CCC(O)C1. The van der Waals surface area contributed by atoms with Gasteiger partial charge in [0, 0.05) is 23.6 Å². The summed E-state index contributed by atoms with van der Waals surface area (Å²) in [6.07, 6.45) is 2.62. The van der Waals surface area contributed by atoms with Crippen LogP contribution in [0.3, 0.4) is 0 Å². The van der Waals surface area contributed by atoms with Gasteiger partial charge < -0.3 is 10.4 Å². The predicted molar refractivity (Wildman–Crippen MR) is 78.1 cm³/mol. The number of thioether (sulfide) groups is 1. The van der Waals surface area contributed by atoms with Gasteiger partial charge in [-0.1, -0.05) is 0 Å². The Morgan fingerprint density at radius 1 is 1.33 bits per heavy atom. The zero-order chi connectivity index (χ0) is 15.2. The van der Waals surface area contributed by atoms with Gasteiger partial charge in [0.2, 0.25) is 5.91 Å². The minimum absolute atomic E-state index is 0.0496. The Labute approximate surface area is 127 Å². The van der Waals surface area contributed by atoms with Gasteiger partial charge in [-0.3, -0.25) is 4.79 Å². The second kappa shape index (κ2) is 7.75. The van der Waals surface area contributed by atoms with Crippen LogP contribution in [0.5, 0.6) is 0 Å². The van der Waals surface area contributed by atoms with Gasteiger partial charge in [0.1, 0.15) is 0 Å². The molecule has 1 fully saturated rings. The first-order valence-corrected chi connectivity index (χ1v) is 8.06. The Hall–Kier alpha value is -1.14. The van der Waals surface area contributed by atoms with E-state index in [0.29, 0.717) is 29.5 Å². The van der Waals surface area contributed by atoms with Crippen molar-refractivity contribution in [2.24, 2.45) is 5.92 Å². The standard InChI is InChI=1S/C15H19F2NO2S/c16-13-4-3-12(8-14(13)17)21-6-5-15(20)18-9-10-1-2-11(19)7-10/h3-4,8,10-11,19H,1-2,5-7,9H2,(H,18,20). The summed E-state index contributed by atoms with van der Waals surface area (Å²) in [5, 5.41) is 12.3. The van der Waals surface area contributed by atoms with Crippen molar-refractivity contribution in [2.75, 3.05) is 12.3 Å². The summed E-state index contributed by atoms with van der Waals surface area (Å²) in [7, 11) is 0. The molecule has 0 heterocycles. The maximum atomic E-state index is 13.0. The summed E-state index contributed by atoms with van der Waals surface area (Å²) in [4.78, 5) is 12.3. The third-order valence-electron chi connectivity index (χ3n) is 3.59. The van der Waals surface area contributed by atoms with Crippen molar-refractivity contribution in [3.8, 4) is 0 Å². The molecule has 1 aliphatic rings. The Morgan fingerprint density at radius 3 is 2.81 bits per heavy atom. The average molecular weight is 315 g/mol. The van der Waals surface area contributed by atoms with Crippen LogP contribution in [0, 0.1) is 17.6 Å². The van der Waals surface area contributed by atoms with Gasteiger partial charge in [0.05, 0.1) is 6.10 Å². The number of rotatable bonds is 6. The number of hydrogen-bond donors (Lipinski definition) is 2. The van der Waals surface area contributed by atoms with Crippen molar-refractivity contribution in [1.82, 2.24) is 5.32 Å². The normalized spacial score (nSPS) is 21.5. The Morgan fingerprint density at radius 2 is 2.14 bits per heavy atom. The fourth-order valence-electron chi connectivity index (χ4n) is 2.41. The number of aliphatic hydroxyl groups is 1. The molecule has 2 atom stereocenters. The molecule has 2 N–H and O–H groups in total. The van der Waals surface area contributed by atoms with Gasteiger partial charge in [-0.2, -0.15) is 0 Å². The van der Waals surface area contributed by atoms with Crippen LogP contribution in [0.2, 0.25) is 0 Å². The third-order valence-corrected chi connectivity index (χ3v) is 4.59. The molecule has 2 rings (SSSR count). The van der Waals surface area contributed by atoms with E-state index >= 15 is 0 Å². The van der Waals surface area contributed by atoms with Crippen LogP contribution < -0.4 is 5.32 Å². The van der Waals surface area contributed by atoms with E-state index < -0.39 is 11.6 Å². The number of aliphatic hydroxyl groups excluding tert-OH is 1. The molecule has 0 radical (unpaired) electrons.